The summed E-state index contributed by atoms with van der Waals surface area (Å²) in [6, 6.07) is 17.3. The van der Waals surface area contributed by atoms with Gasteiger partial charge in [0, 0.05) is 11.6 Å². The van der Waals surface area contributed by atoms with E-state index in [2.05, 4.69) is 73.6 Å². The van der Waals surface area contributed by atoms with Gasteiger partial charge in [0.15, 0.2) is 5.76 Å². The zero-order valence-electron chi connectivity index (χ0n) is 19.2. The third-order valence-corrected chi connectivity index (χ3v) is 8.71. The molecule has 164 valence electrons. The molecular weight excluding hydrogens is 394 g/mol. The van der Waals surface area contributed by atoms with E-state index >= 15 is 0 Å². The van der Waals surface area contributed by atoms with Gasteiger partial charge in [-0.3, -0.25) is 0 Å². The molecule has 2 aromatic carbocycles. The third kappa shape index (κ3) is 2.90. The highest BCUT2D eigenvalue weighted by molar-refractivity contribution is 5.73. The summed E-state index contributed by atoms with van der Waals surface area (Å²) in [4.78, 5) is 0. The molecule has 0 unspecified atom stereocenters. The van der Waals surface area contributed by atoms with Crippen LogP contribution in [0.3, 0.4) is 0 Å². The molecular formula is C29H31NO2. The van der Waals surface area contributed by atoms with Gasteiger partial charge in [0.05, 0.1) is 7.11 Å². The number of hydrogen-bond donors (Lipinski definition) is 0. The molecule has 1 fully saturated rings. The lowest BCUT2D eigenvalue weighted by atomic mass is 9.54. The summed E-state index contributed by atoms with van der Waals surface area (Å²) < 4.78 is 11.4. The Morgan fingerprint density at radius 3 is 2.81 bits per heavy atom. The maximum absolute atomic E-state index is 5.96. The second-order valence-electron chi connectivity index (χ2n) is 10.2. The molecule has 3 nitrogen and oxygen atoms in total. The Morgan fingerprint density at radius 2 is 1.97 bits per heavy atom. The first-order valence-electron chi connectivity index (χ1n) is 12.0. The van der Waals surface area contributed by atoms with Gasteiger partial charge in [-0.2, -0.15) is 0 Å². The Balaban J connectivity index is 1.29. The van der Waals surface area contributed by atoms with E-state index in [1.54, 1.807) is 12.7 Å². The first kappa shape index (κ1) is 19.8. The topological polar surface area (TPSA) is 35.3 Å². The molecule has 3 aromatic rings. The summed E-state index contributed by atoms with van der Waals surface area (Å²) in [7, 11) is 1.76. The molecule has 3 aliphatic rings. The monoisotopic (exact) mass is 425 g/mol. The van der Waals surface area contributed by atoms with Crippen LogP contribution in [-0.2, 0) is 6.42 Å². The van der Waals surface area contributed by atoms with Crippen molar-refractivity contribution in [1.29, 1.82) is 0 Å². The summed E-state index contributed by atoms with van der Waals surface area (Å²) in [5.41, 5.74) is 7.96. The molecule has 0 aliphatic heterocycles. The fourth-order valence-electron chi connectivity index (χ4n) is 7.02. The van der Waals surface area contributed by atoms with Crippen LogP contribution in [0, 0.1) is 24.2 Å². The van der Waals surface area contributed by atoms with Crippen molar-refractivity contribution >= 4 is 5.57 Å². The second-order valence-corrected chi connectivity index (χ2v) is 10.2. The summed E-state index contributed by atoms with van der Waals surface area (Å²) in [5, 5.41) is 4.46. The zero-order chi connectivity index (χ0) is 21.9. The van der Waals surface area contributed by atoms with Crippen molar-refractivity contribution in [3.8, 4) is 17.0 Å². The number of ether oxygens (including phenoxy) is 1. The van der Waals surface area contributed by atoms with Gasteiger partial charge in [-0.25, -0.2) is 0 Å². The Bertz CT molecular complexity index is 1210. The number of nitrogens with zero attached hydrogens (tertiary/aromatic N) is 1. The highest BCUT2D eigenvalue weighted by atomic mass is 16.5. The van der Waals surface area contributed by atoms with E-state index in [-0.39, 0.29) is 5.41 Å². The van der Waals surface area contributed by atoms with Crippen LogP contribution in [0.15, 0.2) is 59.1 Å². The fraction of sp³-hybridized carbons (Fsp3) is 0.414. The minimum absolute atomic E-state index is 0.174. The van der Waals surface area contributed by atoms with Crippen LogP contribution in [0.2, 0.25) is 0 Å². The average Bonchev–Trinajstić information content (AvgIpc) is 3.42. The van der Waals surface area contributed by atoms with Crippen LogP contribution in [0.25, 0.3) is 16.8 Å². The summed E-state index contributed by atoms with van der Waals surface area (Å²) in [6.45, 7) is 4.61. The first-order valence-corrected chi connectivity index (χ1v) is 12.0. The van der Waals surface area contributed by atoms with Crippen LogP contribution in [0.5, 0.6) is 5.75 Å². The number of aryl methyl sites for hydroxylation is 2. The molecule has 32 heavy (non-hydrogen) atoms. The van der Waals surface area contributed by atoms with Gasteiger partial charge in [0.25, 0.3) is 0 Å². The van der Waals surface area contributed by atoms with Crippen molar-refractivity contribution in [3.63, 3.8) is 0 Å². The van der Waals surface area contributed by atoms with E-state index in [0.717, 1.165) is 41.5 Å². The van der Waals surface area contributed by atoms with Crippen molar-refractivity contribution in [2.75, 3.05) is 7.11 Å². The number of hydrogen-bond acceptors (Lipinski definition) is 3. The molecule has 0 N–H and O–H groups in total. The quantitative estimate of drug-likeness (QED) is 0.445. The molecule has 4 atom stereocenters. The van der Waals surface area contributed by atoms with Crippen LogP contribution in [0.4, 0.5) is 0 Å². The molecule has 3 aliphatic carbocycles. The molecule has 0 spiro atoms. The summed E-state index contributed by atoms with van der Waals surface area (Å²) >= 11 is 0. The van der Waals surface area contributed by atoms with E-state index < -0.39 is 0 Å². The molecule has 0 radical (unpaired) electrons. The van der Waals surface area contributed by atoms with Gasteiger partial charge >= 0.3 is 0 Å². The fourth-order valence-corrected chi connectivity index (χ4v) is 7.02. The lowest BCUT2D eigenvalue weighted by Crippen LogP contribution is -2.40. The standard InChI is InChI=1S/C29H31NO2/c1-18-6-4-5-7-21(18)27-17-28(32-30-27)26-13-12-25-24-10-8-19-16-20(31-3)9-11-22(19)23(24)14-15-29(25,26)2/h4-7,9,11,13,16-17,23-25H,8,10,12,14-15H2,1-3H3/t23-,24-,25+,29+/m1/s1. The van der Waals surface area contributed by atoms with E-state index in [4.69, 9.17) is 9.26 Å². The Morgan fingerprint density at radius 1 is 1.09 bits per heavy atom. The maximum Gasteiger partial charge on any atom is 0.163 e. The predicted molar refractivity (Wildman–Crippen MR) is 128 cm³/mol. The maximum atomic E-state index is 5.96. The smallest absolute Gasteiger partial charge is 0.163 e. The van der Waals surface area contributed by atoms with E-state index in [0.29, 0.717) is 11.8 Å². The number of rotatable bonds is 3. The van der Waals surface area contributed by atoms with Crippen LogP contribution in [0.1, 0.15) is 61.0 Å². The van der Waals surface area contributed by atoms with E-state index in [1.807, 2.05) is 0 Å². The third-order valence-electron chi connectivity index (χ3n) is 8.71. The minimum Gasteiger partial charge on any atom is -0.497 e. The van der Waals surface area contributed by atoms with Gasteiger partial charge < -0.3 is 9.26 Å². The van der Waals surface area contributed by atoms with Crippen LogP contribution in [-0.4, -0.2) is 12.3 Å². The number of methoxy groups -OCH3 is 1. The predicted octanol–water partition coefficient (Wildman–Crippen LogP) is 7.21. The number of fused-ring (bicyclic) bond motifs is 5. The average molecular weight is 426 g/mol. The molecule has 3 heteroatoms. The summed E-state index contributed by atoms with van der Waals surface area (Å²) in [5.74, 6) is 4.04. The number of benzene rings is 2. The summed E-state index contributed by atoms with van der Waals surface area (Å²) in [6.07, 6.45) is 8.49. The Hall–Kier alpha value is -2.81. The van der Waals surface area contributed by atoms with Gasteiger partial charge in [-0.15, -0.1) is 0 Å². The van der Waals surface area contributed by atoms with Crippen molar-refractivity contribution in [3.05, 3.63) is 77.1 Å². The van der Waals surface area contributed by atoms with Gasteiger partial charge in [0.2, 0.25) is 0 Å². The van der Waals surface area contributed by atoms with Crippen molar-refractivity contribution in [2.24, 2.45) is 17.3 Å². The van der Waals surface area contributed by atoms with Crippen molar-refractivity contribution in [1.82, 2.24) is 5.16 Å². The molecule has 1 aromatic heterocycles. The molecule has 0 saturated heterocycles. The van der Waals surface area contributed by atoms with E-state index in [9.17, 15) is 0 Å². The largest absolute Gasteiger partial charge is 0.497 e. The van der Waals surface area contributed by atoms with Gasteiger partial charge in [0.1, 0.15) is 11.4 Å². The SMILES string of the molecule is COc1ccc2c(c1)CC[C@@H]1[C@@H]2CC[C@]2(C)C(c3cc(-c4ccccc4C)no3)=CC[C@@H]12. The molecule has 6 rings (SSSR count). The molecule has 0 amide bonds. The minimum atomic E-state index is 0.174. The highest BCUT2D eigenvalue weighted by Crippen LogP contribution is 2.63. The second kappa shape index (κ2) is 7.37. The van der Waals surface area contributed by atoms with E-state index in [1.165, 1.54) is 36.0 Å². The molecule has 1 heterocycles. The number of allylic oxidation sites excluding steroid dienone is 2. The zero-order valence-corrected chi connectivity index (χ0v) is 19.2. The van der Waals surface area contributed by atoms with Gasteiger partial charge in [-0.1, -0.05) is 48.5 Å². The first-order chi connectivity index (χ1) is 15.6. The lowest BCUT2D eigenvalue weighted by Gasteiger charge is -2.50. The van der Waals surface area contributed by atoms with Crippen molar-refractivity contribution < 1.29 is 9.26 Å². The normalized spacial score (nSPS) is 28.5. The van der Waals surface area contributed by atoms with Crippen molar-refractivity contribution in [2.45, 2.75) is 51.9 Å². The Kier molecular flexibility index (Phi) is 4.57. The lowest BCUT2D eigenvalue weighted by molar-refractivity contribution is 0.0872. The Labute approximate surface area is 190 Å². The van der Waals surface area contributed by atoms with Crippen LogP contribution >= 0.6 is 0 Å². The number of aromatic nitrogens is 1. The molecule has 0 bridgehead atoms. The van der Waals surface area contributed by atoms with Crippen LogP contribution < -0.4 is 4.74 Å². The van der Waals surface area contributed by atoms with Gasteiger partial charge in [-0.05, 0) is 96.6 Å². The highest BCUT2D eigenvalue weighted by Gasteiger charge is 2.52. The molecule has 1 saturated carbocycles.